The zero-order valence-electron chi connectivity index (χ0n) is 15.3. The molecule has 0 radical (unpaired) electrons. The zero-order valence-corrected chi connectivity index (χ0v) is 15.3. The van der Waals surface area contributed by atoms with Gasteiger partial charge in [-0.25, -0.2) is 0 Å². The fourth-order valence-corrected chi connectivity index (χ4v) is 3.52. The lowest BCUT2D eigenvalue weighted by Gasteiger charge is -2.28. The molecule has 0 bridgehead atoms. The van der Waals surface area contributed by atoms with Crippen LogP contribution in [0.4, 0.5) is 17.1 Å². The SMILES string of the molecule is O=C(CNc1ccc(N2CCCCC2)cc1)Nc1cccc2cccnc12. The number of anilines is 3. The van der Waals surface area contributed by atoms with Gasteiger partial charge in [-0.3, -0.25) is 9.78 Å². The number of nitrogens with one attached hydrogen (secondary N) is 2. The van der Waals surface area contributed by atoms with Gasteiger partial charge in [0.2, 0.25) is 5.91 Å². The lowest BCUT2D eigenvalue weighted by atomic mass is 10.1. The van der Waals surface area contributed by atoms with Gasteiger partial charge in [0.1, 0.15) is 0 Å². The monoisotopic (exact) mass is 360 g/mol. The number of piperidine rings is 1. The van der Waals surface area contributed by atoms with Gasteiger partial charge < -0.3 is 15.5 Å². The Bertz CT molecular complexity index is 912. The van der Waals surface area contributed by atoms with E-state index in [1.165, 1.54) is 24.9 Å². The van der Waals surface area contributed by atoms with Crippen LogP contribution in [0, 0.1) is 0 Å². The maximum absolute atomic E-state index is 12.3. The van der Waals surface area contributed by atoms with Gasteiger partial charge in [-0.05, 0) is 55.7 Å². The number of para-hydroxylation sites is 1. The number of hydrogen-bond donors (Lipinski definition) is 2. The second-order valence-electron chi connectivity index (χ2n) is 6.88. The molecule has 3 aromatic rings. The van der Waals surface area contributed by atoms with Crippen molar-refractivity contribution in [3.8, 4) is 0 Å². The predicted octanol–water partition coefficient (Wildman–Crippen LogP) is 4.28. The number of fused-ring (bicyclic) bond motifs is 1. The van der Waals surface area contributed by atoms with Crippen LogP contribution in [0.3, 0.4) is 0 Å². The Morgan fingerprint density at radius 2 is 1.74 bits per heavy atom. The third kappa shape index (κ3) is 4.19. The number of pyridine rings is 1. The zero-order chi connectivity index (χ0) is 18.5. The smallest absolute Gasteiger partial charge is 0.243 e. The molecule has 1 fully saturated rings. The van der Waals surface area contributed by atoms with E-state index in [-0.39, 0.29) is 12.5 Å². The molecule has 0 unspecified atom stereocenters. The summed E-state index contributed by atoms with van der Waals surface area (Å²) in [7, 11) is 0. The van der Waals surface area contributed by atoms with Crippen LogP contribution in [0.1, 0.15) is 19.3 Å². The molecule has 0 atom stereocenters. The number of aromatic nitrogens is 1. The van der Waals surface area contributed by atoms with E-state index in [0.29, 0.717) is 0 Å². The summed E-state index contributed by atoms with van der Waals surface area (Å²) in [5, 5.41) is 7.15. The van der Waals surface area contributed by atoms with E-state index in [2.05, 4.69) is 32.7 Å². The first kappa shape index (κ1) is 17.3. The van der Waals surface area contributed by atoms with E-state index in [9.17, 15) is 4.79 Å². The fourth-order valence-electron chi connectivity index (χ4n) is 3.52. The third-order valence-corrected chi connectivity index (χ3v) is 4.95. The van der Waals surface area contributed by atoms with Crippen LogP contribution >= 0.6 is 0 Å². The molecule has 5 heteroatoms. The van der Waals surface area contributed by atoms with E-state index >= 15 is 0 Å². The van der Waals surface area contributed by atoms with Gasteiger partial charge in [0, 0.05) is 36.0 Å². The van der Waals surface area contributed by atoms with Crippen molar-refractivity contribution in [2.75, 3.05) is 35.2 Å². The molecule has 0 saturated carbocycles. The van der Waals surface area contributed by atoms with Crippen molar-refractivity contribution < 1.29 is 4.79 Å². The van der Waals surface area contributed by atoms with Crippen molar-refractivity contribution in [3.05, 3.63) is 60.8 Å². The van der Waals surface area contributed by atoms with E-state index in [4.69, 9.17) is 0 Å². The molecule has 1 aromatic heterocycles. The molecule has 1 saturated heterocycles. The summed E-state index contributed by atoms with van der Waals surface area (Å²) in [5.74, 6) is -0.0896. The van der Waals surface area contributed by atoms with Crippen LogP contribution < -0.4 is 15.5 Å². The molecule has 2 N–H and O–H groups in total. The molecular formula is C22H24N4O. The maximum Gasteiger partial charge on any atom is 0.243 e. The number of carbonyl (C=O) groups excluding carboxylic acids is 1. The molecular weight excluding hydrogens is 336 g/mol. The highest BCUT2D eigenvalue weighted by molar-refractivity contribution is 6.01. The number of nitrogens with zero attached hydrogens (tertiary/aromatic N) is 2. The first-order chi connectivity index (χ1) is 13.3. The first-order valence-electron chi connectivity index (χ1n) is 9.52. The molecule has 1 amide bonds. The summed E-state index contributed by atoms with van der Waals surface area (Å²) in [5.41, 5.74) is 3.74. The number of carbonyl (C=O) groups is 1. The predicted molar refractivity (Wildman–Crippen MR) is 111 cm³/mol. The van der Waals surface area contributed by atoms with Gasteiger partial charge in [0.25, 0.3) is 0 Å². The van der Waals surface area contributed by atoms with Crippen molar-refractivity contribution in [2.45, 2.75) is 19.3 Å². The second-order valence-corrected chi connectivity index (χ2v) is 6.88. The van der Waals surface area contributed by atoms with E-state index in [1.54, 1.807) is 6.20 Å². The van der Waals surface area contributed by atoms with Crippen molar-refractivity contribution in [3.63, 3.8) is 0 Å². The summed E-state index contributed by atoms with van der Waals surface area (Å²) in [6.45, 7) is 2.48. The third-order valence-electron chi connectivity index (χ3n) is 4.95. The molecule has 1 aliphatic rings. The molecule has 2 heterocycles. The van der Waals surface area contributed by atoms with Crippen molar-refractivity contribution >= 4 is 33.9 Å². The largest absolute Gasteiger partial charge is 0.376 e. The molecule has 27 heavy (non-hydrogen) atoms. The Hall–Kier alpha value is -3.08. The summed E-state index contributed by atoms with van der Waals surface area (Å²) in [6, 6.07) is 18.0. The van der Waals surface area contributed by atoms with Crippen LogP contribution in [0.5, 0.6) is 0 Å². The Labute approximate surface area is 159 Å². The van der Waals surface area contributed by atoms with Gasteiger partial charge in [0.15, 0.2) is 0 Å². The Morgan fingerprint density at radius 1 is 0.963 bits per heavy atom. The topological polar surface area (TPSA) is 57.3 Å². The molecule has 138 valence electrons. The Balaban J connectivity index is 1.35. The summed E-state index contributed by atoms with van der Waals surface area (Å²) >= 11 is 0. The van der Waals surface area contributed by atoms with Crippen LogP contribution in [0.25, 0.3) is 10.9 Å². The van der Waals surface area contributed by atoms with Crippen LogP contribution in [-0.4, -0.2) is 30.5 Å². The number of hydrogen-bond acceptors (Lipinski definition) is 4. The van der Waals surface area contributed by atoms with Crippen molar-refractivity contribution in [1.29, 1.82) is 0 Å². The average Bonchev–Trinajstić information content (AvgIpc) is 2.74. The molecule has 0 aliphatic carbocycles. The summed E-state index contributed by atoms with van der Waals surface area (Å²) in [4.78, 5) is 19.1. The number of benzene rings is 2. The van der Waals surface area contributed by atoms with Crippen molar-refractivity contribution in [2.24, 2.45) is 0 Å². The highest BCUT2D eigenvalue weighted by atomic mass is 16.1. The average molecular weight is 360 g/mol. The second kappa shape index (κ2) is 8.08. The minimum absolute atomic E-state index is 0.0896. The van der Waals surface area contributed by atoms with Crippen molar-refractivity contribution in [1.82, 2.24) is 4.98 Å². The maximum atomic E-state index is 12.3. The van der Waals surface area contributed by atoms with E-state index in [1.807, 2.05) is 42.5 Å². The van der Waals surface area contributed by atoms with Gasteiger partial charge in [-0.1, -0.05) is 18.2 Å². The molecule has 1 aliphatic heterocycles. The van der Waals surface area contributed by atoms with E-state index < -0.39 is 0 Å². The summed E-state index contributed by atoms with van der Waals surface area (Å²) in [6.07, 6.45) is 5.60. The van der Waals surface area contributed by atoms with Crippen LogP contribution in [0.15, 0.2) is 60.8 Å². The van der Waals surface area contributed by atoms with Gasteiger partial charge >= 0.3 is 0 Å². The normalized spacial score (nSPS) is 14.1. The fraction of sp³-hybridized carbons (Fsp3) is 0.273. The van der Waals surface area contributed by atoms with Crippen LogP contribution in [-0.2, 0) is 4.79 Å². The summed E-state index contributed by atoms with van der Waals surface area (Å²) < 4.78 is 0. The lowest BCUT2D eigenvalue weighted by molar-refractivity contribution is -0.114. The molecule has 5 nitrogen and oxygen atoms in total. The van der Waals surface area contributed by atoms with Crippen LogP contribution in [0.2, 0.25) is 0 Å². The van der Waals surface area contributed by atoms with Gasteiger partial charge in [0.05, 0.1) is 17.7 Å². The Morgan fingerprint density at radius 3 is 2.56 bits per heavy atom. The lowest BCUT2D eigenvalue weighted by Crippen LogP contribution is -2.29. The quantitative estimate of drug-likeness (QED) is 0.713. The number of rotatable bonds is 5. The molecule has 0 spiro atoms. The minimum Gasteiger partial charge on any atom is -0.376 e. The van der Waals surface area contributed by atoms with E-state index in [0.717, 1.165) is 35.4 Å². The number of amides is 1. The first-order valence-corrected chi connectivity index (χ1v) is 9.52. The highest BCUT2D eigenvalue weighted by Crippen LogP contribution is 2.22. The highest BCUT2D eigenvalue weighted by Gasteiger charge is 2.11. The van der Waals surface area contributed by atoms with Gasteiger partial charge in [-0.15, -0.1) is 0 Å². The standard InChI is InChI=1S/C22H24N4O/c27-21(25-20-8-4-6-17-7-5-13-23-22(17)20)16-24-18-9-11-19(12-10-18)26-14-2-1-3-15-26/h4-13,24H,1-3,14-16H2,(H,25,27). The minimum atomic E-state index is -0.0896. The molecule has 4 rings (SSSR count). The Kier molecular flexibility index (Phi) is 5.19. The van der Waals surface area contributed by atoms with Gasteiger partial charge in [-0.2, -0.15) is 0 Å². The molecule has 2 aromatic carbocycles.